The van der Waals surface area contributed by atoms with Crippen LogP contribution in [0, 0.1) is 10.5 Å². The maximum atomic E-state index is 12.7. The van der Waals surface area contributed by atoms with Crippen molar-refractivity contribution in [3.8, 4) is 0 Å². The highest BCUT2D eigenvalue weighted by atomic mass is 127. The van der Waals surface area contributed by atoms with Gasteiger partial charge in [-0.25, -0.2) is 0 Å². The molecule has 1 aromatic carbocycles. The van der Waals surface area contributed by atoms with Crippen LogP contribution in [0.1, 0.15) is 11.1 Å². The lowest BCUT2D eigenvalue weighted by Crippen LogP contribution is -2.07. The van der Waals surface area contributed by atoms with Crippen molar-refractivity contribution in [3.63, 3.8) is 0 Å². The van der Waals surface area contributed by atoms with Crippen LogP contribution < -0.4 is 0 Å². The van der Waals surface area contributed by atoms with E-state index in [1.165, 1.54) is 12.3 Å². The van der Waals surface area contributed by atoms with Crippen LogP contribution in [-0.4, -0.2) is 4.98 Å². The number of hydrogen-bond donors (Lipinski definition) is 0. The van der Waals surface area contributed by atoms with Crippen molar-refractivity contribution in [3.05, 3.63) is 38.0 Å². The van der Waals surface area contributed by atoms with Gasteiger partial charge in [-0.05, 0) is 47.2 Å². The predicted molar refractivity (Wildman–Crippen MR) is 69.2 cm³/mol. The molecule has 0 N–H and O–H groups in total. The molecule has 1 heterocycles. The molecule has 0 atom stereocenters. The predicted octanol–water partition coefficient (Wildman–Crippen LogP) is 4.82. The second kappa shape index (κ2) is 4.28. The quantitative estimate of drug-likeness (QED) is 0.605. The Kier molecular flexibility index (Phi) is 3.24. The number of benzene rings is 1. The minimum atomic E-state index is -4.37. The van der Waals surface area contributed by atoms with Crippen molar-refractivity contribution in [2.24, 2.45) is 0 Å². The Morgan fingerprint density at radius 1 is 1.29 bits per heavy atom. The fourth-order valence-corrected chi connectivity index (χ4v) is 2.47. The Morgan fingerprint density at radius 3 is 2.53 bits per heavy atom. The second-order valence-corrected chi connectivity index (χ2v) is 5.14. The number of aromatic nitrogens is 1. The maximum absolute atomic E-state index is 12.7. The van der Waals surface area contributed by atoms with Crippen molar-refractivity contribution in [2.75, 3.05) is 0 Å². The van der Waals surface area contributed by atoms with Gasteiger partial charge in [0.25, 0.3) is 0 Å². The van der Waals surface area contributed by atoms with Crippen molar-refractivity contribution >= 4 is 45.1 Å². The molecule has 2 aromatic rings. The number of nitrogens with zero attached hydrogens (tertiary/aromatic N) is 1. The minimum absolute atomic E-state index is 0.122. The van der Waals surface area contributed by atoms with Gasteiger partial charge in [0.1, 0.15) is 0 Å². The van der Waals surface area contributed by atoms with Gasteiger partial charge in [-0.1, -0.05) is 11.6 Å². The van der Waals surface area contributed by atoms with E-state index in [9.17, 15) is 13.2 Å². The third-order valence-electron chi connectivity index (χ3n) is 2.37. The van der Waals surface area contributed by atoms with E-state index in [0.717, 1.165) is 11.6 Å². The number of aryl methyl sites for hydroxylation is 1. The van der Waals surface area contributed by atoms with E-state index >= 15 is 0 Å². The lowest BCUT2D eigenvalue weighted by atomic mass is 10.1. The Balaban J connectivity index is 2.80. The average Bonchev–Trinajstić information content (AvgIpc) is 2.22. The first-order chi connectivity index (χ1) is 7.80. The molecule has 0 amide bonds. The number of alkyl halides is 3. The van der Waals surface area contributed by atoms with E-state index in [1.54, 1.807) is 29.5 Å². The van der Waals surface area contributed by atoms with Crippen LogP contribution in [0.15, 0.2) is 18.3 Å². The Bertz CT molecular complexity index is 595. The van der Waals surface area contributed by atoms with Crippen LogP contribution >= 0.6 is 34.2 Å². The first-order valence-corrected chi connectivity index (χ1v) is 6.08. The molecule has 0 radical (unpaired) electrons. The summed E-state index contributed by atoms with van der Waals surface area (Å²) in [5.41, 5.74) is 0.320. The van der Waals surface area contributed by atoms with Crippen LogP contribution in [0.25, 0.3) is 10.9 Å². The lowest BCUT2D eigenvalue weighted by molar-refractivity contribution is -0.138. The fourth-order valence-electron chi connectivity index (χ4n) is 1.50. The van der Waals surface area contributed by atoms with Crippen LogP contribution in [-0.2, 0) is 6.18 Å². The highest BCUT2D eigenvalue weighted by molar-refractivity contribution is 14.1. The topological polar surface area (TPSA) is 12.9 Å². The van der Waals surface area contributed by atoms with E-state index in [-0.39, 0.29) is 9.09 Å². The van der Waals surface area contributed by atoms with Gasteiger partial charge in [0, 0.05) is 15.2 Å². The average molecular weight is 372 g/mol. The van der Waals surface area contributed by atoms with E-state index in [1.807, 2.05) is 0 Å². The van der Waals surface area contributed by atoms with Gasteiger partial charge in [0.15, 0.2) is 0 Å². The molecule has 0 aliphatic carbocycles. The smallest absolute Gasteiger partial charge is 0.256 e. The summed E-state index contributed by atoms with van der Waals surface area (Å²) in [6, 6.07) is 2.45. The fraction of sp³-hybridized carbons (Fsp3) is 0.182. The largest absolute Gasteiger partial charge is 0.417 e. The number of hydrogen-bond acceptors (Lipinski definition) is 1. The Morgan fingerprint density at radius 2 is 1.94 bits per heavy atom. The molecule has 2 rings (SSSR count). The second-order valence-electron chi connectivity index (χ2n) is 3.60. The van der Waals surface area contributed by atoms with Gasteiger partial charge >= 0.3 is 6.18 Å². The monoisotopic (exact) mass is 371 g/mol. The molecule has 1 nitrogen and oxygen atoms in total. The normalized spacial score (nSPS) is 12.1. The summed E-state index contributed by atoms with van der Waals surface area (Å²) in [7, 11) is 0. The molecular formula is C11H6ClF3IN. The summed E-state index contributed by atoms with van der Waals surface area (Å²) in [5.74, 6) is 0. The van der Waals surface area contributed by atoms with Gasteiger partial charge < -0.3 is 0 Å². The van der Waals surface area contributed by atoms with Crippen LogP contribution in [0.3, 0.4) is 0 Å². The summed E-state index contributed by atoms with van der Waals surface area (Å²) in [5, 5.41) is 0.991. The molecule has 0 saturated heterocycles. The zero-order chi connectivity index (χ0) is 12.8. The minimum Gasteiger partial charge on any atom is -0.256 e. The highest BCUT2D eigenvalue weighted by Gasteiger charge is 2.33. The zero-order valence-corrected chi connectivity index (χ0v) is 11.5. The standard InChI is InChI=1S/C11H6ClF3IN/c1-5-4-17-9-3-7(11(13,14)15)8(16)2-6(9)10(5)12/h2-4H,1H3. The van der Waals surface area contributed by atoms with Crippen molar-refractivity contribution < 1.29 is 13.2 Å². The van der Waals surface area contributed by atoms with Crippen LogP contribution in [0.4, 0.5) is 13.2 Å². The molecule has 0 unspecified atom stereocenters. The number of halogens is 5. The summed E-state index contributed by atoms with van der Waals surface area (Å²) in [6.07, 6.45) is -2.90. The van der Waals surface area contributed by atoms with Crippen molar-refractivity contribution in [1.82, 2.24) is 4.98 Å². The van der Waals surface area contributed by atoms with Gasteiger partial charge in [-0.2, -0.15) is 13.2 Å². The summed E-state index contributed by atoms with van der Waals surface area (Å²) in [6.45, 7) is 1.76. The lowest BCUT2D eigenvalue weighted by Gasteiger charge is -2.11. The van der Waals surface area contributed by atoms with E-state index < -0.39 is 11.7 Å². The molecule has 0 saturated carbocycles. The molecule has 0 aliphatic rings. The molecule has 6 heteroatoms. The van der Waals surface area contributed by atoms with Gasteiger partial charge in [0.2, 0.25) is 0 Å². The molecule has 17 heavy (non-hydrogen) atoms. The van der Waals surface area contributed by atoms with Gasteiger partial charge in [0.05, 0.1) is 16.1 Å². The third kappa shape index (κ3) is 2.35. The van der Waals surface area contributed by atoms with Crippen LogP contribution in [0.5, 0.6) is 0 Å². The molecule has 90 valence electrons. The highest BCUT2D eigenvalue weighted by Crippen LogP contribution is 2.36. The molecular weight excluding hydrogens is 365 g/mol. The van der Waals surface area contributed by atoms with Crippen LogP contribution in [0.2, 0.25) is 5.02 Å². The third-order valence-corrected chi connectivity index (χ3v) is 3.76. The molecule has 0 fully saturated rings. The molecule has 1 aromatic heterocycles. The Hall–Kier alpha value is -0.560. The maximum Gasteiger partial charge on any atom is 0.417 e. The number of pyridine rings is 1. The summed E-state index contributed by atoms with van der Waals surface area (Å²) in [4.78, 5) is 3.97. The van der Waals surface area contributed by atoms with E-state index in [0.29, 0.717) is 10.4 Å². The number of rotatable bonds is 0. The first-order valence-electron chi connectivity index (χ1n) is 4.62. The first kappa shape index (κ1) is 12.9. The zero-order valence-electron chi connectivity index (χ0n) is 8.57. The summed E-state index contributed by atoms with van der Waals surface area (Å²) < 4.78 is 38.2. The summed E-state index contributed by atoms with van der Waals surface area (Å²) >= 11 is 7.70. The Labute approximate surface area is 114 Å². The molecule has 0 bridgehead atoms. The van der Waals surface area contributed by atoms with E-state index in [4.69, 9.17) is 11.6 Å². The van der Waals surface area contributed by atoms with E-state index in [2.05, 4.69) is 4.98 Å². The molecule has 0 spiro atoms. The van der Waals surface area contributed by atoms with Gasteiger partial charge in [-0.3, -0.25) is 4.98 Å². The van der Waals surface area contributed by atoms with Crippen molar-refractivity contribution in [2.45, 2.75) is 13.1 Å². The molecule has 0 aliphatic heterocycles. The number of fused-ring (bicyclic) bond motifs is 1. The van der Waals surface area contributed by atoms with Crippen molar-refractivity contribution in [1.29, 1.82) is 0 Å². The van der Waals surface area contributed by atoms with Gasteiger partial charge in [-0.15, -0.1) is 0 Å². The SMILES string of the molecule is Cc1cnc2cc(C(F)(F)F)c(I)cc2c1Cl.